The van der Waals surface area contributed by atoms with Gasteiger partial charge in [0, 0.05) is 28.7 Å². The third-order valence-electron chi connectivity index (χ3n) is 8.73. The Morgan fingerprint density at radius 3 is 1.93 bits per heavy atom. The van der Waals surface area contributed by atoms with Crippen molar-refractivity contribution in [2.24, 2.45) is 0 Å². The van der Waals surface area contributed by atoms with E-state index in [0.717, 1.165) is 0 Å². The predicted octanol–water partition coefficient (Wildman–Crippen LogP) is 10.1. The van der Waals surface area contributed by atoms with Gasteiger partial charge in [-0.05, 0) is 146 Å². The number of carbonyl (C=O) groups is 3. The van der Waals surface area contributed by atoms with Crippen molar-refractivity contribution in [2.75, 3.05) is 17.7 Å². The average molecular weight is 809 g/mol. The fourth-order valence-corrected chi connectivity index (χ4v) is 6.18. The van der Waals surface area contributed by atoms with E-state index in [2.05, 4.69) is 23.5 Å². The number of nitrogens with zero attached hydrogens (tertiary/aromatic N) is 2. The van der Waals surface area contributed by atoms with Crippen LogP contribution < -0.4 is 11.1 Å². The molecule has 3 atom stereocenters. The van der Waals surface area contributed by atoms with Gasteiger partial charge in [0.25, 0.3) is 0 Å². The van der Waals surface area contributed by atoms with Gasteiger partial charge in [0.1, 0.15) is 40.7 Å². The van der Waals surface area contributed by atoms with Gasteiger partial charge in [0.2, 0.25) is 0 Å². The van der Waals surface area contributed by atoms with Gasteiger partial charge in [0.05, 0.1) is 23.7 Å². The molecule has 4 aromatic rings. The number of hydrogen-bond donors (Lipinski definition) is 2. The normalized spacial score (nSPS) is 13.2. The zero-order chi connectivity index (χ0) is 43.5. The van der Waals surface area contributed by atoms with E-state index in [1.165, 1.54) is 42.6 Å². The first kappa shape index (κ1) is 45.5. The van der Waals surface area contributed by atoms with Gasteiger partial charge >= 0.3 is 17.9 Å². The lowest BCUT2D eigenvalue weighted by Crippen LogP contribution is -2.31. The van der Waals surface area contributed by atoms with Crippen molar-refractivity contribution >= 4 is 35.4 Å². The molecule has 2 aromatic heterocycles. The molecule has 0 spiro atoms. The molecule has 312 valence electrons. The number of nitrogens with one attached hydrogen (secondary N) is 1. The zero-order valence-electron chi connectivity index (χ0n) is 34.8. The van der Waals surface area contributed by atoms with Crippen LogP contribution in [-0.2, 0) is 28.6 Å². The minimum absolute atomic E-state index is 0.0861. The molecular weight excluding hydrogens is 755 g/mol. The predicted molar refractivity (Wildman–Crippen MR) is 228 cm³/mol. The lowest BCUT2D eigenvalue weighted by Gasteiger charge is -2.24. The first-order valence-electron chi connectivity index (χ1n) is 19.4. The number of rotatable bonds is 17. The molecule has 0 bridgehead atoms. The quantitative estimate of drug-likeness (QED) is 0.0458. The van der Waals surface area contributed by atoms with E-state index in [1.807, 2.05) is 0 Å². The number of anilines is 2. The van der Waals surface area contributed by atoms with Crippen molar-refractivity contribution < 1.29 is 37.4 Å². The Hall–Kier alpha value is -6.17. The third-order valence-corrected chi connectivity index (χ3v) is 8.73. The number of hydrogen-bond acceptors (Lipinski definition) is 10. The molecule has 3 unspecified atom stereocenters. The summed E-state index contributed by atoms with van der Waals surface area (Å²) in [5.74, 6) is -4.14. The van der Waals surface area contributed by atoms with E-state index in [9.17, 15) is 23.2 Å². The molecule has 0 fully saturated rings. The molecule has 0 aliphatic carbocycles. The average Bonchev–Trinajstić information content (AvgIpc) is 3.15. The molecule has 0 saturated carbocycles. The number of nitrogens with two attached hydrogens (primary N) is 1. The molecule has 2 heterocycles. The molecule has 0 saturated heterocycles. The number of allylic oxidation sites excluding steroid dienone is 2. The van der Waals surface area contributed by atoms with E-state index in [0.29, 0.717) is 50.7 Å². The Morgan fingerprint density at radius 1 is 0.763 bits per heavy atom. The molecule has 0 aliphatic rings. The monoisotopic (exact) mass is 808 g/mol. The van der Waals surface area contributed by atoms with Gasteiger partial charge in [-0.2, -0.15) is 0 Å². The fraction of sp³-hybridized carbons (Fsp3) is 0.340. The number of ether oxygens (including phenoxy) is 3. The van der Waals surface area contributed by atoms with Gasteiger partial charge in [-0.3, -0.25) is 19.6 Å². The van der Waals surface area contributed by atoms with Crippen LogP contribution in [0.1, 0.15) is 96.6 Å². The number of benzene rings is 2. The molecule has 10 nitrogen and oxygen atoms in total. The highest BCUT2D eigenvalue weighted by molar-refractivity contribution is 5.86. The van der Waals surface area contributed by atoms with Crippen molar-refractivity contribution in [3.63, 3.8) is 0 Å². The Bertz CT molecular complexity index is 2190. The van der Waals surface area contributed by atoms with Gasteiger partial charge in [-0.25, -0.2) is 13.6 Å². The first-order valence-corrected chi connectivity index (χ1v) is 19.4. The Kier molecular flexibility index (Phi) is 15.4. The maximum atomic E-state index is 14.9. The summed E-state index contributed by atoms with van der Waals surface area (Å²) in [5, 5.41) is 3.23. The molecule has 12 heteroatoms. The maximum Gasteiger partial charge on any atom is 0.328 e. The maximum absolute atomic E-state index is 14.9. The largest absolute Gasteiger partial charge is 0.464 e. The lowest BCUT2D eigenvalue weighted by molar-refractivity contribution is -0.157. The van der Waals surface area contributed by atoms with E-state index in [1.54, 1.807) is 97.0 Å². The molecule has 0 aliphatic heterocycles. The second-order valence-electron chi connectivity index (χ2n) is 15.9. The van der Waals surface area contributed by atoms with Crippen LogP contribution in [0.5, 0.6) is 0 Å². The first-order chi connectivity index (χ1) is 27.8. The minimum Gasteiger partial charge on any atom is -0.464 e. The van der Waals surface area contributed by atoms with Gasteiger partial charge in [0.15, 0.2) is 0 Å². The van der Waals surface area contributed by atoms with Crippen LogP contribution >= 0.6 is 0 Å². The van der Waals surface area contributed by atoms with Crippen molar-refractivity contribution in [1.29, 1.82) is 0 Å². The molecule has 0 radical (unpaired) electrons. The van der Waals surface area contributed by atoms with Gasteiger partial charge < -0.3 is 25.3 Å². The highest BCUT2D eigenvalue weighted by Gasteiger charge is 2.29. The molecule has 4 rings (SSSR count). The smallest absolute Gasteiger partial charge is 0.328 e. The second-order valence-corrected chi connectivity index (χ2v) is 15.9. The standard InChI is InChI=1S/C47H54F2N4O6/c1-10-14-34(43(54)58-46(4,5)6)41-25-29(22-23-51-41)37-28-32(49)19-21-39(37)53-40(45(56)57-12-3)17-13-16-33-24-30(36-27-31(48)18-20-38(36)50)26-42(52-33)35(15-11-2)44(55)59-47(7,8)9/h10-11,13,16,18-28,34-35,40,53H,1-2,12,14-15,17,50H2,3-9H3/b16-13+. The van der Waals surface area contributed by atoms with Crippen LogP contribution in [0.4, 0.5) is 20.2 Å². The second kappa shape index (κ2) is 20.0. The molecule has 0 amide bonds. The molecule has 2 aromatic carbocycles. The summed E-state index contributed by atoms with van der Waals surface area (Å²) in [4.78, 5) is 49.3. The van der Waals surface area contributed by atoms with Crippen LogP contribution in [-0.4, -0.2) is 51.7 Å². The summed E-state index contributed by atoms with van der Waals surface area (Å²) < 4.78 is 46.2. The highest BCUT2D eigenvalue weighted by Crippen LogP contribution is 2.34. The Morgan fingerprint density at radius 2 is 1.34 bits per heavy atom. The summed E-state index contributed by atoms with van der Waals surface area (Å²) in [5.41, 5.74) is 8.56. The van der Waals surface area contributed by atoms with E-state index < -0.39 is 58.6 Å². The minimum atomic E-state index is -0.955. The van der Waals surface area contributed by atoms with Crippen molar-refractivity contribution in [3.8, 4) is 22.3 Å². The fourth-order valence-electron chi connectivity index (χ4n) is 6.18. The number of pyridine rings is 2. The highest BCUT2D eigenvalue weighted by atomic mass is 19.1. The van der Waals surface area contributed by atoms with E-state index in [4.69, 9.17) is 24.9 Å². The summed E-state index contributed by atoms with van der Waals surface area (Å²) in [6.07, 6.45) is 8.70. The number of esters is 3. The summed E-state index contributed by atoms with van der Waals surface area (Å²) in [6, 6.07) is 13.9. The summed E-state index contributed by atoms with van der Waals surface area (Å²) >= 11 is 0. The van der Waals surface area contributed by atoms with Gasteiger partial charge in [-0.15, -0.1) is 13.2 Å². The van der Waals surface area contributed by atoms with Crippen molar-refractivity contribution in [2.45, 2.75) is 96.8 Å². The number of aromatic nitrogens is 2. The zero-order valence-corrected chi connectivity index (χ0v) is 34.8. The number of halogens is 2. The van der Waals surface area contributed by atoms with Crippen LogP contribution in [0.15, 0.2) is 98.2 Å². The van der Waals surface area contributed by atoms with E-state index in [-0.39, 0.29) is 25.9 Å². The number of carbonyl (C=O) groups excluding carboxylic acids is 3. The summed E-state index contributed by atoms with van der Waals surface area (Å²) in [6.45, 7) is 20.1. The number of nitrogen functional groups attached to an aromatic ring is 1. The summed E-state index contributed by atoms with van der Waals surface area (Å²) in [7, 11) is 0. The molecular formula is C47H54F2N4O6. The Balaban J connectivity index is 1.74. The van der Waals surface area contributed by atoms with Crippen LogP contribution in [0.2, 0.25) is 0 Å². The Labute approximate surface area is 345 Å². The topological polar surface area (TPSA) is 143 Å². The third kappa shape index (κ3) is 13.2. The van der Waals surface area contributed by atoms with Gasteiger partial charge in [-0.1, -0.05) is 18.2 Å². The lowest BCUT2D eigenvalue weighted by atomic mass is 9.95. The van der Waals surface area contributed by atoms with Crippen LogP contribution in [0, 0.1) is 11.6 Å². The molecule has 3 N–H and O–H groups in total. The molecule has 59 heavy (non-hydrogen) atoms. The van der Waals surface area contributed by atoms with Crippen molar-refractivity contribution in [3.05, 3.63) is 127 Å². The van der Waals surface area contributed by atoms with E-state index >= 15 is 0 Å². The SMILES string of the molecule is C=CCC(C(=O)OC(C)(C)C)c1cc(-c2cc(F)ccc2NC(C/C=C/c2cc(-c3cc(F)ccc3N)cc(C(CC=C)C(=O)OC(C)(C)C)n2)C(=O)OCC)ccn1. The van der Waals surface area contributed by atoms with Crippen molar-refractivity contribution in [1.82, 2.24) is 9.97 Å². The van der Waals surface area contributed by atoms with Crippen LogP contribution in [0.3, 0.4) is 0 Å². The van der Waals surface area contributed by atoms with Crippen LogP contribution in [0.25, 0.3) is 28.3 Å².